The van der Waals surface area contributed by atoms with Crippen LogP contribution in [0.5, 0.6) is 0 Å². The van der Waals surface area contributed by atoms with Crippen LogP contribution in [0.25, 0.3) is 0 Å². The molecule has 0 bridgehead atoms. The van der Waals surface area contributed by atoms with Gasteiger partial charge in [0.05, 0.1) is 4.99 Å². The van der Waals surface area contributed by atoms with Gasteiger partial charge in [-0.3, -0.25) is 4.79 Å². The smallest absolute Gasteiger partial charge is 0.242 e. The normalized spacial score (nSPS) is 11.0. The van der Waals surface area contributed by atoms with Gasteiger partial charge in [-0.1, -0.05) is 30.4 Å². The minimum absolute atomic E-state index is 0.272. The highest BCUT2D eigenvalue weighted by atomic mass is 32.2. The lowest BCUT2D eigenvalue weighted by Gasteiger charge is -2.22. The minimum Gasteiger partial charge on any atom is -0.393 e. The van der Waals surface area contributed by atoms with Crippen molar-refractivity contribution < 1.29 is 13.2 Å². The van der Waals surface area contributed by atoms with Gasteiger partial charge in [-0.25, -0.2) is 8.42 Å². The van der Waals surface area contributed by atoms with Gasteiger partial charge >= 0.3 is 0 Å². The zero-order valence-corrected chi connectivity index (χ0v) is 12.2. The first-order valence-corrected chi connectivity index (χ1v) is 8.08. The molecule has 0 radical (unpaired) electrons. The van der Waals surface area contributed by atoms with E-state index in [1.54, 1.807) is 24.3 Å². The third-order valence-electron chi connectivity index (χ3n) is 2.34. The van der Waals surface area contributed by atoms with E-state index < -0.39 is 21.5 Å². The van der Waals surface area contributed by atoms with E-state index in [0.717, 1.165) is 6.26 Å². The number of para-hydroxylation sites is 1. The zero-order valence-electron chi connectivity index (χ0n) is 10.6. The van der Waals surface area contributed by atoms with Crippen LogP contribution in [0.15, 0.2) is 30.3 Å². The second-order valence-electron chi connectivity index (χ2n) is 4.17. The fraction of sp³-hybridized carbons (Fsp3) is 0.333. The molecule has 1 rings (SSSR count). The molecule has 5 nitrogen and oxygen atoms in total. The fourth-order valence-corrected chi connectivity index (χ4v) is 2.23. The summed E-state index contributed by atoms with van der Waals surface area (Å²) in [6.07, 6.45) is 1.38. The molecular weight excluding hydrogens is 284 g/mol. The summed E-state index contributed by atoms with van der Waals surface area (Å²) in [5.41, 5.74) is 6.05. The lowest BCUT2D eigenvalue weighted by Crippen LogP contribution is -2.37. The van der Waals surface area contributed by atoms with Crippen molar-refractivity contribution in [2.45, 2.75) is 6.42 Å². The molecule has 0 aliphatic carbocycles. The standard InChI is InChI=1S/C12H16N2O3S2/c1-19(16,17)9-12(15)14(8-7-11(13)18)10-5-3-2-4-6-10/h2-6H,7-9H2,1H3,(H2,13,18). The van der Waals surface area contributed by atoms with Gasteiger partial charge in [-0.2, -0.15) is 0 Å². The fourth-order valence-electron chi connectivity index (χ4n) is 1.53. The number of benzene rings is 1. The predicted molar refractivity (Wildman–Crippen MR) is 79.9 cm³/mol. The summed E-state index contributed by atoms with van der Waals surface area (Å²) in [6.45, 7) is 0.272. The number of nitrogens with zero attached hydrogens (tertiary/aromatic N) is 1. The van der Waals surface area contributed by atoms with Crippen LogP contribution in [-0.4, -0.2) is 37.9 Å². The van der Waals surface area contributed by atoms with Crippen molar-refractivity contribution >= 4 is 38.6 Å². The van der Waals surface area contributed by atoms with Crippen molar-refractivity contribution in [3.8, 4) is 0 Å². The van der Waals surface area contributed by atoms with Crippen LogP contribution in [0.4, 0.5) is 5.69 Å². The van der Waals surface area contributed by atoms with Gasteiger partial charge in [0, 0.05) is 24.9 Å². The van der Waals surface area contributed by atoms with Gasteiger partial charge in [0.1, 0.15) is 5.75 Å². The van der Waals surface area contributed by atoms with E-state index in [4.69, 9.17) is 18.0 Å². The highest BCUT2D eigenvalue weighted by Gasteiger charge is 2.19. The van der Waals surface area contributed by atoms with Gasteiger partial charge in [-0.05, 0) is 12.1 Å². The Morgan fingerprint density at radius 1 is 1.32 bits per heavy atom. The Bertz CT molecular complexity index is 556. The molecule has 0 aliphatic heterocycles. The number of sulfone groups is 1. The SMILES string of the molecule is CS(=O)(=O)CC(=O)N(CCC(N)=S)c1ccccc1. The average molecular weight is 300 g/mol. The van der Waals surface area contributed by atoms with Crippen LogP contribution in [-0.2, 0) is 14.6 Å². The Kier molecular flexibility index (Phi) is 5.44. The Hall–Kier alpha value is -1.47. The van der Waals surface area contributed by atoms with Gasteiger partial charge in [0.15, 0.2) is 9.84 Å². The molecule has 1 amide bonds. The molecule has 19 heavy (non-hydrogen) atoms. The molecule has 0 aromatic heterocycles. The van der Waals surface area contributed by atoms with E-state index in [2.05, 4.69) is 0 Å². The van der Waals surface area contributed by atoms with E-state index in [1.165, 1.54) is 4.90 Å². The number of nitrogens with two attached hydrogens (primary N) is 1. The number of rotatable bonds is 6. The van der Waals surface area contributed by atoms with E-state index >= 15 is 0 Å². The minimum atomic E-state index is -3.37. The van der Waals surface area contributed by atoms with Crippen molar-refractivity contribution in [1.29, 1.82) is 0 Å². The van der Waals surface area contributed by atoms with Crippen LogP contribution in [0.1, 0.15) is 6.42 Å². The molecule has 0 unspecified atom stereocenters. The number of carbonyl (C=O) groups excluding carboxylic acids is 1. The quantitative estimate of drug-likeness (QED) is 0.784. The topological polar surface area (TPSA) is 80.5 Å². The van der Waals surface area contributed by atoms with E-state index in [0.29, 0.717) is 12.1 Å². The van der Waals surface area contributed by atoms with Crippen molar-refractivity contribution in [2.24, 2.45) is 5.73 Å². The monoisotopic (exact) mass is 300 g/mol. The molecule has 0 saturated carbocycles. The van der Waals surface area contributed by atoms with Crippen molar-refractivity contribution in [3.63, 3.8) is 0 Å². The Morgan fingerprint density at radius 2 is 1.89 bits per heavy atom. The van der Waals surface area contributed by atoms with E-state index in [-0.39, 0.29) is 11.5 Å². The molecule has 0 atom stereocenters. The summed E-state index contributed by atoms with van der Waals surface area (Å²) >= 11 is 4.78. The number of amides is 1. The highest BCUT2D eigenvalue weighted by molar-refractivity contribution is 7.91. The maximum absolute atomic E-state index is 12.0. The molecule has 0 aliphatic rings. The Labute approximate surface area is 118 Å². The lowest BCUT2D eigenvalue weighted by molar-refractivity contribution is -0.116. The zero-order chi connectivity index (χ0) is 14.5. The number of thiocarbonyl (C=S) groups is 1. The number of anilines is 1. The second-order valence-corrected chi connectivity index (χ2v) is 6.83. The summed E-state index contributed by atoms with van der Waals surface area (Å²) in [7, 11) is -3.37. The third kappa shape index (κ3) is 5.80. The summed E-state index contributed by atoms with van der Waals surface area (Å²) in [6, 6.07) is 8.84. The van der Waals surface area contributed by atoms with Crippen molar-refractivity contribution in [1.82, 2.24) is 0 Å². The number of carbonyl (C=O) groups is 1. The van der Waals surface area contributed by atoms with E-state index in [1.807, 2.05) is 6.07 Å². The molecule has 2 N–H and O–H groups in total. The van der Waals surface area contributed by atoms with Crippen LogP contribution < -0.4 is 10.6 Å². The predicted octanol–water partition coefficient (Wildman–Crippen LogP) is 0.740. The molecule has 0 fully saturated rings. The molecule has 0 heterocycles. The first kappa shape index (κ1) is 15.6. The molecule has 1 aromatic carbocycles. The van der Waals surface area contributed by atoms with Crippen molar-refractivity contribution in [3.05, 3.63) is 30.3 Å². The molecule has 1 aromatic rings. The molecule has 0 spiro atoms. The van der Waals surface area contributed by atoms with Gasteiger partial charge < -0.3 is 10.6 Å². The maximum Gasteiger partial charge on any atom is 0.242 e. The largest absolute Gasteiger partial charge is 0.393 e. The van der Waals surface area contributed by atoms with Crippen LogP contribution in [0, 0.1) is 0 Å². The summed E-state index contributed by atoms with van der Waals surface area (Å²) in [4.78, 5) is 13.7. The molecule has 104 valence electrons. The third-order valence-corrected chi connectivity index (χ3v) is 3.31. The Balaban J connectivity index is 2.92. The highest BCUT2D eigenvalue weighted by Crippen LogP contribution is 2.14. The first-order chi connectivity index (χ1) is 8.79. The van der Waals surface area contributed by atoms with Gasteiger partial charge in [-0.15, -0.1) is 0 Å². The van der Waals surface area contributed by atoms with E-state index in [9.17, 15) is 13.2 Å². The summed E-state index contributed by atoms with van der Waals surface area (Å²) in [5, 5.41) is 0. The molecular formula is C12H16N2O3S2. The molecule has 7 heteroatoms. The summed E-state index contributed by atoms with van der Waals surface area (Å²) < 4.78 is 22.4. The lowest BCUT2D eigenvalue weighted by atomic mass is 10.2. The summed E-state index contributed by atoms with van der Waals surface area (Å²) in [5.74, 6) is -1.01. The van der Waals surface area contributed by atoms with Crippen molar-refractivity contribution in [2.75, 3.05) is 23.5 Å². The number of hydrogen-bond donors (Lipinski definition) is 1. The number of hydrogen-bond acceptors (Lipinski definition) is 4. The van der Waals surface area contributed by atoms with Gasteiger partial charge in [0.25, 0.3) is 0 Å². The first-order valence-electron chi connectivity index (χ1n) is 5.61. The van der Waals surface area contributed by atoms with Crippen LogP contribution in [0.2, 0.25) is 0 Å². The molecule has 0 saturated heterocycles. The average Bonchev–Trinajstić information content (AvgIpc) is 2.27. The second kappa shape index (κ2) is 6.63. The van der Waals surface area contributed by atoms with Gasteiger partial charge in [0.2, 0.25) is 5.91 Å². The maximum atomic E-state index is 12.0. The van der Waals surface area contributed by atoms with Crippen LogP contribution in [0.3, 0.4) is 0 Å². The Morgan fingerprint density at radius 3 is 2.37 bits per heavy atom. The van der Waals surface area contributed by atoms with Crippen LogP contribution >= 0.6 is 12.2 Å².